The highest BCUT2D eigenvalue weighted by Gasteiger charge is 2.48. The summed E-state index contributed by atoms with van der Waals surface area (Å²) in [4.78, 5) is 2.35. The molecule has 4 rings (SSSR count). The van der Waals surface area contributed by atoms with E-state index in [1.807, 2.05) is 12.1 Å². The number of hydrogen-bond acceptors (Lipinski definition) is 3. The zero-order chi connectivity index (χ0) is 14.9. The molecule has 3 atom stereocenters. The number of nitrogens with zero attached hydrogens (tertiary/aromatic N) is 2. The first-order valence-electron chi connectivity index (χ1n) is 7.99. The molecular weight excluding hydrogens is 272 g/mol. The Balaban J connectivity index is 1.81. The van der Waals surface area contributed by atoms with Gasteiger partial charge in [-0.1, -0.05) is 41.6 Å². The van der Waals surface area contributed by atoms with Crippen LogP contribution in [0.25, 0.3) is 0 Å². The maximum Gasteiger partial charge on any atom is 0.0832 e. The van der Waals surface area contributed by atoms with Crippen molar-refractivity contribution in [1.29, 1.82) is 0 Å². The van der Waals surface area contributed by atoms with Crippen LogP contribution in [0.5, 0.6) is 0 Å². The van der Waals surface area contributed by atoms with Gasteiger partial charge in [-0.2, -0.15) is 0 Å². The Labute approximate surface area is 130 Å². The molecular formula is C19H20N2O. The van der Waals surface area contributed by atoms with Crippen LogP contribution in [0.2, 0.25) is 0 Å². The highest BCUT2D eigenvalue weighted by molar-refractivity contribution is 5.98. The first-order chi connectivity index (χ1) is 10.9. The summed E-state index contributed by atoms with van der Waals surface area (Å²) in [5, 5.41) is 13.3. The average molecular weight is 292 g/mol. The molecule has 0 amide bonds. The van der Waals surface area contributed by atoms with Crippen LogP contribution in [0.4, 0.5) is 11.4 Å². The SMILES string of the molecule is O/N=C1/[C@H]2CC[C@H](C2)[C@@H]1N(c1ccccc1)c1ccccc1. The summed E-state index contributed by atoms with van der Waals surface area (Å²) < 4.78 is 0. The minimum Gasteiger partial charge on any atom is -0.411 e. The highest BCUT2D eigenvalue weighted by Crippen LogP contribution is 2.47. The van der Waals surface area contributed by atoms with E-state index < -0.39 is 0 Å². The van der Waals surface area contributed by atoms with E-state index in [9.17, 15) is 5.21 Å². The number of hydrogen-bond donors (Lipinski definition) is 1. The van der Waals surface area contributed by atoms with Gasteiger partial charge in [-0.25, -0.2) is 0 Å². The van der Waals surface area contributed by atoms with Gasteiger partial charge in [-0.3, -0.25) is 0 Å². The molecule has 0 aliphatic heterocycles. The Hall–Kier alpha value is -2.29. The standard InChI is InChI=1S/C19H20N2O/c22-20-18-14-11-12-15(13-14)19(18)21(16-7-3-1-4-8-16)17-9-5-2-6-10-17/h1-10,14-15,19,22H,11-13H2/b20-18-/t14-,15+,19-/m0/s1. The van der Waals surface area contributed by atoms with Crippen molar-refractivity contribution in [3.63, 3.8) is 0 Å². The summed E-state index contributed by atoms with van der Waals surface area (Å²) in [5.74, 6) is 1.03. The Kier molecular flexibility index (Phi) is 3.34. The third-order valence-corrected chi connectivity index (χ3v) is 5.10. The third kappa shape index (κ3) is 2.08. The van der Waals surface area contributed by atoms with Gasteiger partial charge in [0.2, 0.25) is 0 Å². The molecule has 2 saturated carbocycles. The number of fused-ring (bicyclic) bond motifs is 2. The second kappa shape index (κ2) is 5.48. The van der Waals surface area contributed by atoms with E-state index in [1.54, 1.807) is 0 Å². The Morgan fingerprint density at radius 2 is 1.45 bits per heavy atom. The van der Waals surface area contributed by atoms with Crippen molar-refractivity contribution in [2.75, 3.05) is 4.90 Å². The largest absolute Gasteiger partial charge is 0.411 e. The molecule has 0 saturated heterocycles. The summed E-state index contributed by atoms with van der Waals surface area (Å²) in [5.41, 5.74) is 3.28. The summed E-state index contributed by atoms with van der Waals surface area (Å²) in [6, 6.07) is 21.0. The molecule has 112 valence electrons. The lowest BCUT2D eigenvalue weighted by atomic mass is 9.91. The van der Waals surface area contributed by atoms with Gasteiger partial charge in [0.05, 0.1) is 11.8 Å². The van der Waals surface area contributed by atoms with Crippen LogP contribution >= 0.6 is 0 Å². The van der Waals surface area contributed by atoms with Crippen molar-refractivity contribution in [2.24, 2.45) is 17.0 Å². The van der Waals surface area contributed by atoms with Crippen LogP contribution in [-0.2, 0) is 0 Å². The monoisotopic (exact) mass is 292 g/mol. The fourth-order valence-corrected chi connectivity index (χ4v) is 4.19. The van der Waals surface area contributed by atoms with Crippen LogP contribution in [0.1, 0.15) is 19.3 Å². The summed E-state index contributed by atoms with van der Waals surface area (Å²) in [6.45, 7) is 0. The second-order valence-electron chi connectivity index (χ2n) is 6.28. The minimum atomic E-state index is 0.175. The van der Waals surface area contributed by atoms with Crippen molar-refractivity contribution in [2.45, 2.75) is 25.3 Å². The Morgan fingerprint density at radius 1 is 0.864 bits per heavy atom. The van der Waals surface area contributed by atoms with Crippen molar-refractivity contribution >= 4 is 17.1 Å². The van der Waals surface area contributed by atoms with Crippen LogP contribution in [0.3, 0.4) is 0 Å². The van der Waals surface area contributed by atoms with E-state index in [1.165, 1.54) is 6.42 Å². The second-order valence-corrected chi connectivity index (χ2v) is 6.28. The molecule has 0 aromatic heterocycles. The van der Waals surface area contributed by atoms with E-state index in [0.717, 1.165) is 29.9 Å². The molecule has 22 heavy (non-hydrogen) atoms. The van der Waals surface area contributed by atoms with E-state index in [4.69, 9.17) is 0 Å². The van der Waals surface area contributed by atoms with Gasteiger partial charge < -0.3 is 10.1 Å². The van der Waals surface area contributed by atoms with E-state index in [2.05, 4.69) is 58.6 Å². The first kappa shape index (κ1) is 13.4. The average Bonchev–Trinajstić information content (AvgIpc) is 3.18. The lowest BCUT2D eigenvalue weighted by molar-refractivity contribution is 0.311. The molecule has 2 fully saturated rings. The van der Waals surface area contributed by atoms with Gasteiger partial charge in [0.1, 0.15) is 0 Å². The van der Waals surface area contributed by atoms with Crippen LogP contribution in [0, 0.1) is 11.8 Å². The lowest BCUT2D eigenvalue weighted by Gasteiger charge is -2.36. The number of anilines is 2. The van der Waals surface area contributed by atoms with Crippen molar-refractivity contribution in [3.8, 4) is 0 Å². The van der Waals surface area contributed by atoms with E-state index in [-0.39, 0.29) is 6.04 Å². The zero-order valence-electron chi connectivity index (χ0n) is 12.5. The van der Waals surface area contributed by atoms with Gasteiger partial charge in [0, 0.05) is 17.3 Å². The molecule has 2 bridgehead atoms. The van der Waals surface area contributed by atoms with Gasteiger partial charge >= 0.3 is 0 Å². The Bertz CT molecular complexity index is 629. The summed E-state index contributed by atoms with van der Waals surface area (Å²) in [6.07, 6.45) is 3.54. The molecule has 2 aromatic rings. The normalized spacial score (nSPS) is 28.2. The quantitative estimate of drug-likeness (QED) is 0.670. The fourth-order valence-electron chi connectivity index (χ4n) is 4.19. The number of rotatable bonds is 3. The minimum absolute atomic E-state index is 0.175. The molecule has 0 spiro atoms. The van der Waals surface area contributed by atoms with Gasteiger partial charge in [0.15, 0.2) is 0 Å². The van der Waals surface area contributed by atoms with Gasteiger partial charge in [0.25, 0.3) is 0 Å². The Morgan fingerprint density at radius 3 is 2.00 bits per heavy atom. The number of para-hydroxylation sites is 2. The molecule has 0 heterocycles. The molecule has 3 nitrogen and oxygen atoms in total. The van der Waals surface area contributed by atoms with Crippen molar-refractivity contribution in [3.05, 3.63) is 60.7 Å². The van der Waals surface area contributed by atoms with Crippen LogP contribution < -0.4 is 4.90 Å². The molecule has 2 aliphatic rings. The molecule has 2 aromatic carbocycles. The molecule has 0 unspecified atom stereocenters. The van der Waals surface area contributed by atoms with Crippen LogP contribution in [-0.4, -0.2) is 17.0 Å². The van der Waals surface area contributed by atoms with Gasteiger partial charge in [-0.05, 0) is 49.4 Å². The zero-order valence-corrected chi connectivity index (χ0v) is 12.5. The number of benzene rings is 2. The third-order valence-electron chi connectivity index (χ3n) is 5.10. The van der Waals surface area contributed by atoms with E-state index >= 15 is 0 Å². The summed E-state index contributed by atoms with van der Waals surface area (Å²) in [7, 11) is 0. The first-order valence-corrected chi connectivity index (χ1v) is 7.99. The van der Waals surface area contributed by atoms with E-state index in [0.29, 0.717) is 11.8 Å². The van der Waals surface area contributed by atoms with Crippen molar-refractivity contribution in [1.82, 2.24) is 0 Å². The molecule has 0 radical (unpaired) electrons. The molecule has 2 aliphatic carbocycles. The smallest absolute Gasteiger partial charge is 0.0832 e. The maximum atomic E-state index is 9.56. The predicted molar refractivity (Wildman–Crippen MR) is 88.9 cm³/mol. The molecule has 3 heteroatoms. The highest BCUT2D eigenvalue weighted by atomic mass is 16.4. The van der Waals surface area contributed by atoms with Gasteiger partial charge in [-0.15, -0.1) is 0 Å². The molecule has 1 N–H and O–H groups in total. The topological polar surface area (TPSA) is 35.8 Å². The summed E-state index contributed by atoms with van der Waals surface area (Å²) >= 11 is 0. The lowest BCUT2D eigenvalue weighted by Crippen LogP contribution is -2.42. The maximum absolute atomic E-state index is 9.56. The van der Waals surface area contributed by atoms with Crippen LogP contribution in [0.15, 0.2) is 65.8 Å². The fraction of sp³-hybridized carbons (Fsp3) is 0.316. The van der Waals surface area contributed by atoms with Crippen molar-refractivity contribution < 1.29 is 5.21 Å². The number of oxime groups is 1. The predicted octanol–water partition coefficient (Wildman–Crippen LogP) is 4.45.